The minimum atomic E-state index is -4.26. The molecule has 0 saturated heterocycles. The van der Waals surface area contributed by atoms with Crippen LogP contribution in [0.1, 0.15) is 30.9 Å². The van der Waals surface area contributed by atoms with Crippen LogP contribution >= 0.6 is 21.6 Å². The molecule has 0 unspecified atom stereocenters. The van der Waals surface area contributed by atoms with Crippen molar-refractivity contribution in [1.29, 1.82) is 0 Å². The van der Waals surface area contributed by atoms with Crippen molar-refractivity contribution < 1.29 is 13.2 Å². The third kappa shape index (κ3) is 3.35. The van der Waals surface area contributed by atoms with Crippen molar-refractivity contribution in [3.05, 3.63) is 29.3 Å². The standard InChI is InChI=1S/C11H13F3S2/c1-7(2)9-6-8(11(12,13)14)4-5-10(9)16-15-3/h4-7H,1-3H3. The van der Waals surface area contributed by atoms with Crippen LogP contribution < -0.4 is 0 Å². The lowest BCUT2D eigenvalue weighted by Gasteiger charge is -2.14. The molecule has 0 spiro atoms. The first-order valence-electron chi connectivity index (χ1n) is 4.78. The molecular formula is C11H13F3S2. The van der Waals surface area contributed by atoms with Crippen LogP contribution in [-0.2, 0) is 6.18 Å². The molecule has 0 nitrogen and oxygen atoms in total. The maximum atomic E-state index is 12.5. The van der Waals surface area contributed by atoms with Crippen molar-refractivity contribution in [2.75, 3.05) is 6.26 Å². The Kier molecular flexibility index (Phi) is 4.62. The van der Waals surface area contributed by atoms with Gasteiger partial charge in [-0.25, -0.2) is 0 Å². The first-order valence-corrected chi connectivity index (χ1v) is 7.34. The Morgan fingerprint density at radius 2 is 1.81 bits per heavy atom. The van der Waals surface area contributed by atoms with Gasteiger partial charge in [0, 0.05) is 4.90 Å². The van der Waals surface area contributed by atoms with Crippen LogP contribution in [0, 0.1) is 0 Å². The van der Waals surface area contributed by atoms with Gasteiger partial charge in [-0.1, -0.05) is 35.4 Å². The fourth-order valence-corrected chi connectivity index (χ4v) is 3.03. The molecule has 5 heteroatoms. The van der Waals surface area contributed by atoms with Crippen molar-refractivity contribution in [2.45, 2.75) is 30.8 Å². The van der Waals surface area contributed by atoms with Crippen molar-refractivity contribution in [2.24, 2.45) is 0 Å². The summed E-state index contributed by atoms with van der Waals surface area (Å²) in [5.41, 5.74) is 0.191. The van der Waals surface area contributed by atoms with E-state index in [1.807, 2.05) is 20.1 Å². The van der Waals surface area contributed by atoms with Crippen LogP contribution in [0.3, 0.4) is 0 Å². The SMILES string of the molecule is CSSc1ccc(C(F)(F)F)cc1C(C)C. The predicted octanol–water partition coefficient (Wildman–Crippen LogP) is 5.20. The van der Waals surface area contributed by atoms with E-state index in [9.17, 15) is 13.2 Å². The summed E-state index contributed by atoms with van der Waals surface area (Å²) >= 11 is 0. The van der Waals surface area contributed by atoms with Gasteiger partial charge in [0.25, 0.3) is 0 Å². The van der Waals surface area contributed by atoms with Gasteiger partial charge in [-0.05, 0) is 35.9 Å². The Morgan fingerprint density at radius 3 is 2.25 bits per heavy atom. The van der Waals surface area contributed by atoms with Crippen LogP contribution in [0.2, 0.25) is 0 Å². The molecule has 1 aromatic rings. The zero-order valence-electron chi connectivity index (χ0n) is 9.26. The third-order valence-electron chi connectivity index (χ3n) is 2.13. The van der Waals surface area contributed by atoms with Gasteiger partial charge in [0.15, 0.2) is 0 Å². The lowest BCUT2D eigenvalue weighted by molar-refractivity contribution is -0.137. The highest BCUT2D eigenvalue weighted by Gasteiger charge is 2.31. The summed E-state index contributed by atoms with van der Waals surface area (Å²) in [5, 5.41) is 0. The predicted molar refractivity (Wildman–Crippen MR) is 64.9 cm³/mol. The monoisotopic (exact) mass is 266 g/mol. The maximum absolute atomic E-state index is 12.5. The molecule has 0 aliphatic rings. The van der Waals surface area contributed by atoms with Crippen molar-refractivity contribution in [3.63, 3.8) is 0 Å². The Bertz CT molecular complexity index is 359. The number of alkyl halides is 3. The van der Waals surface area contributed by atoms with Gasteiger partial charge in [-0.2, -0.15) is 13.2 Å². The second kappa shape index (κ2) is 5.36. The van der Waals surface area contributed by atoms with E-state index in [-0.39, 0.29) is 5.92 Å². The fourth-order valence-electron chi connectivity index (χ4n) is 1.34. The Morgan fingerprint density at radius 1 is 1.19 bits per heavy atom. The summed E-state index contributed by atoms with van der Waals surface area (Å²) < 4.78 is 37.6. The van der Waals surface area contributed by atoms with Gasteiger partial charge in [0.1, 0.15) is 0 Å². The average Bonchev–Trinajstić information content (AvgIpc) is 2.16. The van der Waals surface area contributed by atoms with E-state index >= 15 is 0 Å². The molecule has 0 atom stereocenters. The van der Waals surface area contributed by atoms with Crippen molar-refractivity contribution >= 4 is 21.6 Å². The molecule has 0 aliphatic carbocycles. The largest absolute Gasteiger partial charge is 0.416 e. The van der Waals surface area contributed by atoms with Gasteiger partial charge in [0.2, 0.25) is 0 Å². The van der Waals surface area contributed by atoms with E-state index < -0.39 is 11.7 Å². The summed E-state index contributed by atoms with van der Waals surface area (Å²) in [4.78, 5) is 0.913. The Labute approximate surface area is 101 Å². The Balaban J connectivity index is 3.17. The molecule has 0 fully saturated rings. The van der Waals surface area contributed by atoms with Gasteiger partial charge in [0.05, 0.1) is 5.56 Å². The minimum absolute atomic E-state index is 0.0944. The van der Waals surface area contributed by atoms with Crippen molar-refractivity contribution in [1.82, 2.24) is 0 Å². The molecule has 1 rings (SSSR count). The highest BCUT2D eigenvalue weighted by atomic mass is 33.1. The molecule has 16 heavy (non-hydrogen) atoms. The molecule has 0 aromatic heterocycles. The number of benzene rings is 1. The normalized spacial score (nSPS) is 12.2. The lowest BCUT2D eigenvalue weighted by atomic mass is 10.0. The van der Waals surface area contributed by atoms with E-state index in [0.717, 1.165) is 16.5 Å². The number of rotatable bonds is 3. The second-order valence-corrected chi connectivity index (χ2v) is 6.09. The molecule has 0 N–H and O–H groups in total. The van der Waals surface area contributed by atoms with E-state index in [1.165, 1.54) is 27.7 Å². The molecular weight excluding hydrogens is 253 g/mol. The zero-order valence-corrected chi connectivity index (χ0v) is 10.9. The molecule has 0 aliphatic heterocycles. The van der Waals surface area contributed by atoms with Crippen LogP contribution in [0.15, 0.2) is 23.1 Å². The van der Waals surface area contributed by atoms with E-state index in [2.05, 4.69) is 0 Å². The number of halogens is 3. The molecule has 90 valence electrons. The topological polar surface area (TPSA) is 0 Å². The first-order chi connectivity index (χ1) is 7.36. The summed E-state index contributed by atoms with van der Waals surface area (Å²) in [6.07, 6.45) is -2.35. The lowest BCUT2D eigenvalue weighted by Crippen LogP contribution is -2.06. The zero-order chi connectivity index (χ0) is 12.3. The molecule has 0 heterocycles. The van der Waals surface area contributed by atoms with Crippen LogP contribution in [0.5, 0.6) is 0 Å². The number of hydrogen-bond donors (Lipinski definition) is 0. The maximum Gasteiger partial charge on any atom is 0.416 e. The average molecular weight is 266 g/mol. The number of hydrogen-bond acceptors (Lipinski definition) is 2. The molecule has 0 saturated carbocycles. The summed E-state index contributed by atoms with van der Waals surface area (Å²) in [7, 11) is 3.03. The van der Waals surface area contributed by atoms with E-state index in [4.69, 9.17) is 0 Å². The van der Waals surface area contributed by atoms with Gasteiger partial charge in [-0.3, -0.25) is 0 Å². The molecule has 1 aromatic carbocycles. The summed E-state index contributed by atoms with van der Waals surface area (Å²) in [6, 6.07) is 3.95. The van der Waals surface area contributed by atoms with Gasteiger partial charge in [-0.15, -0.1) is 0 Å². The fraction of sp³-hybridized carbons (Fsp3) is 0.455. The van der Waals surface area contributed by atoms with Gasteiger partial charge < -0.3 is 0 Å². The smallest absolute Gasteiger partial charge is 0.166 e. The molecule has 0 amide bonds. The Hall–Kier alpha value is -0.290. The first kappa shape index (κ1) is 13.8. The highest BCUT2D eigenvalue weighted by molar-refractivity contribution is 8.76. The summed E-state index contributed by atoms with van der Waals surface area (Å²) in [6.45, 7) is 3.81. The van der Waals surface area contributed by atoms with Crippen LogP contribution in [0.4, 0.5) is 13.2 Å². The second-order valence-electron chi connectivity index (χ2n) is 3.66. The minimum Gasteiger partial charge on any atom is -0.166 e. The van der Waals surface area contributed by atoms with Crippen molar-refractivity contribution in [3.8, 4) is 0 Å². The van der Waals surface area contributed by atoms with Gasteiger partial charge >= 0.3 is 6.18 Å². The highest BCUT2D eigenvalue weighted by Crippen LogP contribution is 2.38. The molecule has 0 radical (unpaired) electrons. The van der Waals surface area contributed by atoms with E-state index in [0.29, 0.717) is 0 Å². The quantitative estimate of drug-likeness (QED) is 0.690. The molecule has 0 bridgehead atoms. The van der Waals surface area contributed by atoms with Crippen LogP contribution in [0.25, 0.3) is 0 Å². The summed E-state index contributed by atoms with van der Waals surface area (Å²) in [5.74, 6) is 0.0944. The van der Waals surface area contributed by atoms with Crippen LogP contribution in [-0.4, -0.2) is 6.26 Å². The third-order valence-corrected chi connectivity index (χ3v) is 3.89. The van der Waals surface area contributed by atoms with E-state index in [1.54, 1.807) is 6.07 Å².